The number of thiazole rings is 1. The zero-order valence-electron chi connectivity index (χ0n) is 15.3. The minimum atomic E-state index is -0.0584. The molecular formula is C20H21BrClN3OS. The Balaban J connectivity index is 1.94. The smallest absolute Gasteiger partial charge is 0.260 e. The van der Waals surface area contributed by atoms with Gasteiger partial charge in [-0.05, 0) is 55.6 Å². The summed E-state index contributed by atoms with van der Waals surface area (Å²) < 4.78 is 2.06. The Morgan fingerprint density at radius 2 is 1.81 bits per heavy atom. The number of amides is 1. The molecule has 0 bridgehead atoms. The molecule has 0 unspecified atom stereocenters. The van der Waals surface area contributed by atoms with Crippen LogP contribution in [0.25, 0.3) is 10.2 Å². The monoisotopic (exact) mass is 465 g/mol. The first-order valence-corrected chi connectivity index (χ1v) is 10.9. The van der Waals surface area contributed by atoms with Gasteiger partial charge in [-0.25, -0.2) is 4.98 Å². The molecule has 7 heteroatoms. The van der Waals surface area contributed by atoms with Gasteiger partial charge in [0.05, 0.1) is 10.2 Å². The molecule has 3 aromatic rings. The van der Waals surface area contributed by atoms with E-state index in [0.717, 1.165) is 39.5 Å². The molecule has 0 aliphatic heterocycles. The summed E-state index contributed by atoms with van der Waals surface area (Å²) in [5.41, 5.74) is 1.51. The molecule has 27 heavy (non-hydrogen) atoms. The van der Waals surface area contributed by atoms with Gasteiger partial charge in [-0.15, -0.1) is 0 Å². The highest BCUT2D eigenvalue weighted by Gasteiger charge is 2.22. The Kier molecular flexibility index (Phi) is 6.87. The van der Waals surface area contributed by atoms with Crippen LogP contribution in [-0.4, -0.2) is 42.0 Å². The standard InChI is InChI=1S/C20H21BrClN3OS/c1-3-24(4-2)11-12-25(19(26)14-5-8-16(22)9-6-14)20-23-17-10-7-15(21)13-18(17)27-20/h5-10,13H,3-4,11-12H2,1-2H3. The van der Waals surface area contributed by atoms with E-state index in [9.17, 15) is 4.79 Å². The summed E-state index contributed by atoms with van der Waals surface area (Å²) in [7, 11) is 0. The lowest BCUT2D eigenvalue weighted by Crippen LogP contribution is -2.38. The summed E-state index contributed by atoms with van der Waals surface area (Å²) in [6.07, 6.45) is 0. The van der Waals surface area contributed by atoms with Gasteiger partial charge in [0, 0.05) is 28.1 Å². The van der Waals surface area contributed by atoms with Crippen molar-refractivity contribution in [3.05, 3.63) is 57.5 Å². The van der Waals surface area contributed by atoms with Crippen LogP contribution in [0.5, 0.6) is 0 Å². The molecule has 0 N–H and O–H groups in total. The third-order valence-corrected chi connectivity index (χ3v) is 6.23. The molecule has 0 fully saturated rings. The Hall–Kier alpha value is -1.47. The number of aromatic nitrogens is 1. The van der Waals surface area contributed by atoms with Crippen LogP contribution in [0.15, 0.2) is 46.9 Å². The zero-order valence-corrected chi connectivity index (χ0v) is 18.4. The third-order valence-electron chi connectivity index (χ3n) is 4.44. The summed E-state index contributed by atoms with van der Waals surface area (Å²) in [5, 5.41) is 1.33. The van der Waals surface area contributed by atoms with Crippen LogP contribution in [0.1, 0.15) is 24.2 Å². The predicted octanol–water partition coefficient (Wildman–Crippen LogP) is 5.70. The third kappa shape index (κ3) is 4.88. The Morgan fingerprint density at radius 1 is 1.11 bits per heavy atom. The number of hydrogen-bond acceptors (Lipinski definition) is 4. The SMILES string of the molecule is CCN(CC)CCN(C(=O)c1ccc(Cl)cc1)c1nc2ccc(Br)cc2s1. The summed E-state index contributed by atoms with van der Waals surface area (Å²) >= 11 is 11.0. The van der Waals surface area contributed by atoms with E-state index in [4.69, 9.17) is 16.6 Å². The van der Waals surface area contributed by atoms with Crippen LogP contribution in [0, 0.1) is 0 Å². The van der Waals surface area contributed by atoms with Gasteiger partial charge >= 0.3 is 0 Å². The predicted molar refractivity (Wildman–Crippen MR) is 118 cm³/mol. The van der Waals surface area contributed by atoms with Gasteiger partial charge in [-0.2, -0.15) is 0 Å². The number of carbonyl (C=O) groups is 1. The first kappa shape index (κ1) is 20.3. The number of fused-ring (bicyclic) bond motifs is 1. The summed E-state index contributed by atoms with van der Waals surface area (Å²) in [6.45, 7) is 7.54. The summed E-state index contributed by atoms with van der Waals surface area (Å²) in [4.78, 5) is 22.0. The first-order chi connectivity index (χ1) is 13.0. The lowest BCUT2D eigenvalue weighted by Gasteiger charge is -2.24. The number of likely N-dealkylation sites (N-methyl/N-ethyl adjacent to an activating group) is 1. The average Bonchev–Trinajstić information content (AvgIpc) is 3.08. The summed E-state index contributed by atoms with van der Waals surface area (Å²) in [6, 6.07) is 13.0. The van der Waals surface area contributed by atoms with Crippen LogP contribution < -0.4 is 4.90 Å². The molecule has 0 radical (unpaired) electrons. The van der Waals surface area contributed by atoms with Crippen molar-refractivity contribution in [3.8, 4) is 0 Å². The average molecular weight is 467 g/mol. The first-order valence-electron chi connectivity index (χ1n) is 8.87. The number of carbonyl (C=O) groups excluding carboxylic acids is 1. The number of benzene rings is 2. The van der Waals surface area contributed by atoms with Crippen molar-refractivity contribution < 1.29 is 4.79 Å². The second-order valence-corrected chi connectivity index (χ2v) is 8.46. The van der Waals surface area contributed by atoms with E-state index in [-0.39, 0.29) is 5.91 Å². The van der Waals surface area contributed by atoms with Gasteiger partial charge in [0.1, 0.15) is 0 Å². The second-order valence-electron chi connectivity index (χ2n) is 6.10. The van der Waals surface area contributed by atoms with Crippen LogP contribution in [0.3, 0.4) is 0 Å². The van der Waals surface area contributed by atoms with Crippen LogP contribution in [0.2, 0.25) is 5.02 Å². The van der Waals surface area contributed by atoms with Crippen LogP contribution >= 0.6 is 38.9 Å². The number of nitrogens with zero attached hydrogens (tertiary/aromatic N) is 3. The molecule has 0 spiro atoms. The molecular weight excluding hydrogens is 446 g/mol. The molecule has 3 rings (SSSR count). The number of hydrogen-bond donors (Lipinski definition) is 0. The maximum atomic E-state index is 13.2. The lowest BCUT2D eigenvalue weighted by atomic mass is 10.2. The fourth-order valence-electron chi connectivity index (χ4n) is 2.82. The van der Waals surface area contributed by atoms with Crippen molar-refractivity contribution in [3.63, 3.8) is 0 Å². The molecule has 1 amide bonds. The van der Waals surface area contributed by atoms with Crippen molar-refractivity contribution in [2.45, 2.75) is 13.8 Å². The fourth-order valence-corrected chi connectivity index (χ4v) is 4.48. The topological polar surface area (TPSA) is 36.4 Å². The normalized spacial score (nSPS) is 11.3. The molecule has 0 saturated carbocycles. The number of rotatable bonds is 7. The molecule has 1 heterocycles. The van der Waals surface area contributed by atoms with Gasteiger partial charge in [0.25, 0.3) is 5.91 Å². The van der Waals surface area contributed by atoms with Crippen molar-refractivity contribution in [1.29, 1.82) is 0 Å². The van der Waals surface area contributed by atoms with E-state index < -0.39 is 0 Å². The van der Waals surface area contributed by atoms with E-state index in [2.05, 4.69) is 34.7 Å². The van der Waals surface area contributed by atoms with Gasteiger partial charge < -0.3 is 4.90 Å². The highest BCUT2D eigenvalue weighted by molar-refractivity contribution is 9.10. The van der Waals surface area contributed by atoms with Crippen LogP contribution in [-0.2, 0) is 0 Å². The van der Waals surface area contributed by atoms with Gasteiger partial charge in [-0.1, -0.05) is 52.7 Å². The highest BCUT2D eigenvalue weighted by Crippen LogP contribution is 2.31. The molecule has 0 aliphatic carbocycles. The van der Waals surface area contributed by atoms with Crippen molar-refractivity contribution >= 4 is 60.1 Å². The van der Waals surface area contributed by atoms with E-state index >= 15 is 0 Å². The van der Waals surface area contributed by atoms with Crippen molar-refractivity contribution in [2.75, 3.05) is 31.1 Å². The maximum absolute atomic E-state index is 13.2. The molecule has 1 aromatic heterocycles. The largest absolute Gasteiger partial charge is 0.302 e. The quantitative estimate of drug-likeness (QED) is 0.448. The molecule has 0 aliphatic rings. The fraction of sp³-hybridized carbons (Fsp3) is 0.300. The molecule has 4 nitrogen and oxygen atoms in total. The van der Waals surface area contributed by atoms with E-state index in [0.29, 0.717) is 17.1 Å². The van der Waals surface area contributed by atoms with E-state index in [1.54, 1.807) is 29.2 Å². The molecule has 142 valence electrons. The van der Waals surface area contributed by atoms with Gasteiger partial charge in [0.2, 0.25) is 0 Å². The van der Waals surface area contributed by atoms with Crippen LogP contribution in [0.4, 0.5) is 5.13 Å². The number of anilines is 1. The number of halogens is 2. The van der Waals surface area contributed by atoms with Crippen molar-refractivity contribution in [1.82, 2.24) is 9.88 Å². The van der Waals surface area contributed by atoms with E-state index in [1.807, 2.05) is 18.2 Å². The second kappa shape index (κ2) is 9.15. The molecule has 0 saturated heterocycles. The van der Waals surface area contributed by atoms with Crippen molar-refractivity contribution in [2.24, 2.45) is 0 Å². The Bertz CT molecular complexity index is 925. The maximum Gasteiger partial charge on any atom is 0.260 e. The Morgan fingerprint density at radius 3 is 2.48 bits per heavy atom. The minimum Gasteiger partial charge on any atom is -0.302 e. The van der Waals surface area contributed by atoms with E-state index in [1.165, 1.54) is 11.3 Å². The molecule has 2 aromatic carbocycles. The molecule has 0 atom stereocenters. The summed E-state index contributed by atoms with van der Waals surface area (Å²) in [5.74, 6) is -0.0584. The highest BCUT2D eigenvalue weighted by atomic mass is 79.9. The minimum absolute atomic E-state index is 0.0584. The van der Waals surface area contributed by atoms with Gasteiger partial charge in [0.15, 0.2) is 5.13 Å². The Labute approximate surface area is 176 Å². The van der Waals surface area contributed by atoms with Gasteiger partial charge in [-0.3, -0.25) is 9.69 Å². The lowest BCUT2D eigenvalue weighted by molar-refractivity contribution is 0.0984. The zero-order chi connectivity index (χ0) is 19.4.